The fourth-order valence-corrected chi connectivity index (χ4v) is 3.16. The molecule has 3 aromatic carbocycles. The first-order valence-corrected chi connectivity index (χ1v) is 10.8. The summed E-state index contributed by atoms with van der Waals surface area (Å²) in [6.45, 7) is 6.38. The fourth-order valence-electron chi connectivity index (χ4n) is 3.16. The van der Waals surface area contributed by atoms with Crippen LogP contribution >= 0.6 is 0 Å². The summed E-state index contributed by atoms with van der Waals surface area (Å²) in [7, 11) is 0. The largest absolute Gasteiger partial charge is 0.484 e. The number of anilines is 2. The maximum absolute atomic E-state index is 12.2. The second-order valence-corrected chi connectivity index (χ2v) is 8.72. The number of carbonyl (C=O) groups is 2. The molecule has 0 fully saturated rings. The van der Waals surface area contributed by atoms with Crippen LogP contribution in [0.1, 0.15) is 38.3 Å². The van der Waals surface area contributed by atoms with Gasteiger partial charge >= 0.3 is 0 Å². The van der Waals surface area contributed by atoms with Crippen molar-refractivity contribution >= 4 is 23.2 Å². The highest BCUT2D eigenvalue weighted by molar-refractivity contribution is 5.93. The van der Waals surface area contributed by atoms with Crippen molar-refractivity contribution in [2.45, 2.75) is 39.0 Å². The molecule has 2 N–H and O–H groups in total. The Kier molecular flexibility index (Phi) is 7.66. The minimum atomic E-state index is -0.246. The average molecular weight is 431 g/mol. The van der Waals surface area contributed by atoms with Crippen molar-refractivity contribution in [1.82, 2.24) is 0 Å². The molecule has 0 saturated carbocycles. The summed E-state index contributed by atoms with van der Waals surface area (Å²) in [5.41, 5.74) is 3.75. The molecule has 0 aliphatic carbocycles. The molecule has 5 nitrogen and oxygen atoms in total. The van der Waals surface area contributed by atoms with Gasteiger partial charge in [-0.2, -0.15) is 0 Å². The van der Waals surface area contributed by atoms with Gasteiger partial charge in [0.25, 0.3) is 5.91 Å². The number of benzene rings is 3. The van der Waals surface area contributed by atoms with Gasteiger partial charge in [0.1, 0.15) is 5.75 Å². The van der Waals surface area contributed by atoms with Crippen molar-refractivity contribution in [1.29, 1.82) is 0 Å². The SMILES string of the molecule is CC(C)(C)c1ccc(OCC(=O)Nc2ccc(NC(=O)CCc3ccccc3)cc2)cc1. The number of hydrogen-bond donors (Lipinski definition) is 2. The standard InChI is InChI=1S/C27H30N2O3/c1-27(2,3)21-10-16-24(17-11-21)32-19-26(31)29-23-14-12-22(13-15-23)28-25(30)18-9-20-7-5-4-6-8-20/h4-8,10-17H,9,18-19H2,1-3H3,(H,28,30)(H,29,31). The molecule has 0 aliphatic rings. The maximum atomic E-state index is 12.2. The van der Waals surface area contributed by atoms with Crippen LogP contribution in [-0.2, 0) is 21.4 Å². The summed E-state index contributed by atoms with van der Waals surface area (Å²) in [6, 6.07) is 24.7. The second-order valence-electron chi connectivity index (χ2n) is 8.72. The van der Waals surface area contributed by atoms with Gasteiger partial charge < -0.3 is 15.4 Å². The number of carbonyl (C=O) groups excluding carboxylic acids is 2. The highest BCUT2D eigenvalue weighted by Gasteiger charge is 2.13. The Morgan fingerprint density at radius 3 is 1.88 bits per heavy atom. The quantitative estimate of drug-likeness (QED) is 0.491. The van der Waals surface area contributed by atoms with E-state index in [1.165, 1.54) is 5.56 Å². The van der Waals surface area contributed by atoms with Crippen molar-refractivity contribution in [3.8, 4) is 5.75 Å². The van der Waals surface area contributed by atoms with Crippen LogP contribution in [0.15, 0.2) is 78.9 Å². The predicted molar refractivity (Wildman–Crippen MR) is 129 cm³/mol. The van der Waals surface area contributed by atoms with E-state index in [2.05, 4.69) is 31.4 Å². The van der Waals surface area contributed by atoms with E-state index >= 15 is 0 Å². The van der Waals surface area contributed by atoms with E-state index in [1.54, 1.807) is 24.3 Å². The average Bonchev–Trinajstić information content (AvgIpc) is 2.78. The Morgan fingerprint density at radius 1 is 0.750 bits per heavy atom. The normalized spacial score (nSPS) is 11.0. The van der Waals surface area contributed by atoms with Gasteiger partial charge in [-0.05, 0) is 59.4 Å². The zero-order chi connectivity index (χ0) is 23.0. The maximum Gasteiger partial charge on any atom is 0.262 e. The Morgan fingerprint density at radius 2 is 1.31 bits per heavy atom. The van der Waals surface area contributed by atoms with Crippen LogP contribution in [0.5, 0.6) is 5.75 Å². The molecule has 32 heavy (non-hydrogen) atoms. The van der Waals surface area contributed by atoms with Gasteiger partial charge in [-0.25, -0.2) is 0 Å². The van der Waals surface area contributed by atoms with E-state index in [1.807, 2.05) is 54.6 Å². The second kappa shape index (κ2) is 10.6. The smallest absolute Gasteiger partial charge is 0.262 e. The van der Waals surface area contributed by atoms with Gasteiger partial charge in [0.2, 0.25) is 5.91 Å². The third-order valence-electron chi connectivity index (χ3n) is 5.03. The van der Waals surface area contributed by atoms with Gasteiger partial charge in [0, 0.05) is 17.8 Å². The van der Waals surface area contributed by atoms with Crippen LogP contribution in [-0.4, -0.2) is 18.4 Å². The Balaban J connectivity index is 1.42. The van der Waals surface area contributed by atoms with E-state index in [0.717, 1.165) is 5.56 Å². The number of hydrogen-bond acceptors (Lipinski definition) is 3. The lowest BCUT2D eigenvalue weighted by Gasteiger charge is -2.19. The van der Waals surface area contributed by atoms with Crippen LogP contribution in [0.4, 0.5) is 11.4 Å². The Hall–Kier alpha value is -3.60. The molecule has 0 atom stereocenters. The summed E-state index contributed by atoms with van der Waals surface area (Å²) in [4.78, 5) is 24.3. The number of rotatable bonds is 8. The number of nitrogens with one attached hydrogen (secondary N) is 2. The molecular formula is C27H30N2O3. The van der Waals surface area contributed by atoms with E-state index in [-0.39, 0.29) is 23.8 Å². The first-order chi connectivity index (χ1) is 15.3. The third kappa shape index (κ3) is 7.27. The molecule has 0 radical (unpaired) electrons. The predicted octanol–water partition coefficient (Wildman–Crippen LogP) is 5.57. The molecule has 0 saturated heterocycles. The molecule has 5 heteroatoms. The highest BCUT2D eigenvalue weighted by atomic mass is 16.5. The molecule has 3 rings (SSSR count). The molecule has 0 aromatic heterocycles. The first-order valence-electron chi connectivity index (χ1n) is 10.8. The lowest BCUT2D eigenvalue weighted by atomic mass is 9.87. The topological polar surface area (TPSA) is 67.4 Å². The number of aryl methyl sites for hydroxylation is 1. The number of amides is 2. The van der Waals surface area contributed by atoms with Crippen molar-refractivity contribution in [2.24, 2.45) is 0 Å². The Labute approximate surface area is 189 Å². The lowest BCUT2D eigenvalue weighted by molar-refractivity contribution is -0.118. The zero-order valence-electron chi connectivity index (χ0n) is 18.9. The monoisotopic (exact) mass is 430 g/mol. The molecular weight excluding hydrogens is 400 g/mol. The highest BCUT2D eigenvalue weighted by Crippen LogP contribution is 2.24. The summed E-state index contributed by atoms with van der Waals surface area (Å²) in [6.07, 6.45) is 1.11. The molecule has 2 amide bonds. The minimum absolute atomic E-state index is 0.0449. The summed E-state index contributed by atoms with van der Waals surface area (Å²) >= 11 is 0. The van der Waals surface area contributed by atoms with Gasteiger partial charge in [0.05, 0.1) is 0 Å². The van der Waals surface area contributed by atoms with Crippen LogP contribution in [0, 0.1) is 0 Å². The molecule has 3 aromatic rings. The van der Waals surface area contributed by atoms with Crippen LogP contribution < -0.4 is 15.4 Å². The lowest BCUT2D eigenvalue weighted by Crippen LogP contribution is -2.20. The van der Waals surface area contributed by atoms with Crippen LogP contribution in [0.2, 0.25) is 0 Å². The number of ether oxygens (including phenoxy) is 1. The minimum Gasteiger partial charge on any atom is -0.484 e. The van der Waals surface area contributed by atoms with Crippen molar-refractivity contribution in [2.75, 3.05) is 17.2 Å². The molecule has 0 unspecified atom stereocenters. The third-order valence-corrected chi connectivity index (χ3v) is 5.03. The van der Waals surface area contributed by atoms with Crippen molar-refractivity contribution in [3.05, 3.63) is 90.0 Å². The Bertz CT molecular complexity index is 1020. The van der Waals surface area contributed by atoms with E-state index in [9.17, 15) is 9.59 Å². The molecule has 0 aliphatic heterocycles. The van der Waals surface area contributed by atoms with Gasteiger partial charge in [-0.15, -0.1) is 0 Å². The summed E-state index contributed by atoms with van der Waals surface area (Å²) in [5.74, 6) is 0.364. The van der Waals surface area contributed by atoms with E-state index in [0.29, 0.717) is 30.0 Å². The van der Waals surface area contributed by atoms with Crippen molar-refractivity contribution in [3.63, 3.8) is 0 Å². The molecule has 0 spiro atoms. The fraction of sp³-hybridized carbons (Fsp3) is 0.259. The van der Waals surface area contributed by atoms with Crippen LogP contribution in [0.25, 0.3) is 0 Å². The summed E-state index contributed by atoms with van der Waals surface area (Å²) < 4.78 is 5.58. The molecule has 0 heterocycles. The van der Waals surface area contributed by atoms with E-state index < -0.39 is 0 Å². The van der Waals surface area contributed by atoms with Gasteiger partial charge in [-0.3, -0.25) is 9.59 Å². The van der Waals surface area contributed by atoms with Crippen molar-refractivity contribution < 1.29 is 14.3 Å². The molecule has 166 valence electrons. The van der Waals surface area contributed by atoms with E-state index in [4.69, 9.17) is 4.74 Å². The summed E-state index contributed by atoms with van der Waals surface area (Å²) in [5, 5.41) is 5.68. The van der Waals surface area contributed by atoms with Gasteiger partial charge in [0.15, 0.2) is 6.61 Å². The molecule has 0 bridgehead atoms. The first kappa shape index (κ1) is 23.1. The van der Waals surface area contributed by atoms with Crippen LogP contribution in [0.3, 0.4) is 0 Å². The van der Waals surface area contributed by atoms with Gasteiger partial charge in [-0.1, -0.05) is 63.2 Å². The zero-order valence-corrected chi connectivity index (χ0v) is 18.9.